The number of benzene rings is 1. The van der Waals surface area contributed by atoms with Gasteiger partial charge in [-0.15, -0.1) is 0 Å². The summed E-state index contributed by atoms with van der Waals surface area (Å²) in [4.78, 5) is 28.6. The third kappa shape index (κ3) is 6.08. The van der Waals surface area contributed by atoms with Crippen molar-refractivity contribution in [3.63, 3.8) is 0 Å². The summed E-state index contributed by atoms with van der Waals surface area (Å²) in [5.41, 5.74) is 1.53. The lowest BCUT2D eigenvalue weighted by Crippen LogP contribution is -2.37. The Hall–Kier alpha value is -2.89. The molecule has 0 aliphatic heterocycles. The van der Waals surface area contributed by atoms with Gasteiger partial charge in [-0.3, -0.25) is 9.59 Å². The topological polar surface area (TPSA) is 80.3 Å². The molecule has 2 aromatic rings. The highest BCUT2D eigenvalue weighted by Gasteiger charge is 2.17. The van der Waals surface area contributed by atoms with Gasteiger partial charge in [0.2, 0.25) is 11.8 Å². The zero-order valence-corrected chi connectivity index (χ0v) is 16.2. The molecule has 0 bridgehead atoms. The van der Waals surface area contributed by atoms with Crippen LogP contribution in [0.25, 0.3) is 0 Å². The summed E-state index contributed by atoms with van der Waals surface area (Å²) in [6, 6.07) is 12.5. The maximum absolute atomic E-state index is 12.2. The molecule has 1 aliphatic carbocycles. The van der Waals surface area contributed by atoms with Crippen molar-refractivity contribution in [3.05, 3.63) is 59.8 Å². The van der Waals surface area contributed by atoms with Crippen LogP contribution >= 0.6 is 0 Å². The van der Waals surface area contributed by atoms with Crippen LogP contribution in [-0.2, 0) is 11.3 Å². The highest BCUT2D eigenvalue weighted by Crippen LogP contribution is 2.23. The Morgan fingerprint density at radius 3 is 2.68 bits per heavy atom. The van der Waals surface area contributed by atoms with E-state index in [1.165, 1.54) is 12.8 Å². The predicted octanol–water partition coefficient (Wildman–Crippen LogP) is 3.23. The molecule has 6 nitrogen and oxygen atoms in total. The lowest BCUT2D eigenvalue weighted by Gasteiger charge is -2.15. The van der Waals surface area contributed by atoms with Gasteiger partial charge in [0.15, 0.2) is 0 Å². The number of nitrogens with one attached hydrogen (secondary N) is 2. The first-order valence-electron chi connectivity index (χ1n) is 9.84. The van der Waals surface area contributed by atoms with Crippen LogP contribution in [0.1, 0.15) is 54.9 Å². The number of carbonyl (C=O) groups excluding carboxylic acids is 2. The second kappa shape index (κ2) is 9.88. The maximum Gasteiger partial charge on any atom is 0.251 e. The van der Waals surface area contributed by atoms with E-state index in [2.05, 4.69) is 15.6 Å². The van der Waals surface area contributed by atoms with Crippen molar-refractivity contribution in [2.45, 2.75) is 57.7 Å². The van der Waals surface area contributed by atoms with E-state index in [4.69, 9.17) is 4.74 Å². The average molecular weight is 381 g/mol. The monoisotopic (exact) mass is 381 g/mol. The van der Waals surface area contributed by atoms with E-state index >= 15 is 0 Å². The molecule has 28 heavy (non-hydrogen) atoms. The minimum Gasteiger partial charge on any atom is -0.474 e. The number of ether oxygens (including phenoxy) is 1. The fourth-order valence-electron chi connectivity index (χ4n) is 3.30. The van der Waals surface area contributed by atoms with Crippen LogP contribution in [0.4, 0.5) is 0 Å². The van der Waals surface area contributed by atoms with Gasteiger partial charge in [-0.2, -0.15) is 0 Å². The minimum absolute atomic E-state index is 0.115. The molecule has 1 unspecified atom stereocenters. The molecular formula is C22H27N3O3. The first kappa shape index (κ1) is 19.9. The molecule has 2 N–H and O–H groups in total. The number of rotatable bonds is 8. The lowest BCUT2D eigenvalue weighted by molar-refractivity contribution is -0.121. The molecule has 148 valence electrons. The first-order chi connectivity index (χ1) is 13.6. The summed E-state index contributed by atoms with van der Waals surface area (Å²) in [6.07, 6.45) is 6.75. The third-order valence-electron chi connectivity index (χ3n) is 4.78. The van der Waals surface area contributed by atoms with Crippen molar-refractivity contribution in [2.24, 2.45) is 0 Å². The van der Waals surface area contributed by atoms with Crippen LogP contribution in [0, 0.1) is 0 Å². The highest BCUT2D eigenvalue weighted by molar-refractivity contribution is 5.94. The van der Waals surface area contributed by atoms with E-state index in [-0.39, 0.29) is 30.4 Å². The van der Waals surface area contributed by atoms with Crippen molar-refractivity contribution >= 4 is 11.8 Å². The zero-order chi connectivity index (χ0) is 19.8. The molecule has 1 aromatic heterocycles. The lowest BCUT2D eigenvalue weighted by atomic mass is 10.1. The molecule has 3 rings (SSSR count). The SMILES string of the molecule is CC(CC(=O)NCc1ccnc(OC2CCCC2)c1)NC(=O)c1ccccc1. The number of nitrogens with zero attached hydrogens (tertiary/aromatic N) is 1. The Bertz CT molecular complexity index is 789. The Morgan fingerprint density at radius 2 is 1.93 bits per heavy atom. The molecule has 0 radical (unpaired) electrons. The Labute approximate surface area is 165 Å². The van der Waals surface area contributed by atoms with Gasteiger partial charge in [-0.25, -0.2) is 4.98 Å². The maximum atomic E-state index is 12.2. The molecule has 6 heteroatoms. The number of amides is 2. The van der Waals surface area contributed by atoms with Gasteiger partial charge in [0.1, 0.15) is 6.10 Å². The van der Waals surface area contributed by atoms with Gasteiger partial charge in [-0.05, 0) is 56.4 Å². The predicted molar refractivity (Wildman–Crippen MR) is 107 cm³/mol. The Balaban J connectivity index is 1.43. The molecule has 1 aliphatic rings. The standard InChI is InChI=1S/C22H27N3O3/c1-16(25-22(27)18-7-3-2-4-8-18)13-20(26)24-15-17-11-12-23-21(14-17)28-19-9-5-6-10-19/h2-4,7-8,11-12,14,16,19H,5-6,9-10,13,15H2,1H3,(H,24,26)(H,25,27). The van der Waals surface area contributed by atoms with Gasteiger partial charge >= 0.3 is 0 Å². The Kier molecular flexibility index (Phi) is 7.00. The van der Waals surface area contributed by atoms with Crippen molar-refractivity contribution in [1.82, 2.24) is 15.6 Å². The number of carbonyl (C=O) groups is 2. The van der Waals surface area contributed by atoms with E-state index in [0.29, 0.717) is 18.0 Å². The molecule has 1 saturated carbocycles. The zero-order valence-electron chi connectivity index (χ0n) is 16.2. The van der Waals surface area contributed by atoms with Crippen LogP contribution in [0.15, 0.2) is 48.7 Å². The molecule has 0 saturated heterocycles. The van der Waals surface area contributed by atoms with Crippen LogP contribution in [0.2, 0.25) is 0 Å². The Morgan fingerprint density at radius 1 is 1.18 bits per heavy atom. The summed E-state index contributed by atoms with van der Waals surface area (Å²) in [5, 5.41) is 5.74. The van der Waals surface area contributed by atoms with E-state index in [9.17, 15) is 9.59 Å². The fraction of sp³-hybridized carbons (Fsp3) is 0.409. The molecule has 1 heterocycles. The molecule has 1 fully saturated rings. The van der Waals surface area contributed by atoms with E-state index < -0.39 is 0 Å². The molecular weight excluding hydrogens is 354 g/mol. The second-order valence-corrected chi connectivity index (χ2v) is 7.25. The molecule has 0 spiro atoms. The largest absolute Gasteiger partial charge is 0.474 e. The van der Waals surface area contributed by atoms with Gasteiger partial charge in [-0.1, -0.05) is 18.2 Å². The molecule has 1 atom stereocenters. The minimum atomic E-state index is -0.258. The first-order valence-corrected chi connectivity index (χ1v) is 9.84. The van der Waals surface area contributed by atoms with E-state index in [1.807, 2.05) is 37.3 Å². The quantitative estimate of drug-likeness (QED) is 0.736. The van der Waals surface area contributed by atoms with Gasteiger partial charge in [0, 0.05) is 36.8 Å². The number of hydrogen-bond donors (Lipinski definition) is 2. The number of aromatic nitrogens is 1. The second-order valence-electron chi connectivity index (χ2n) is 7.25. The fourth-order valence-corrected chi connectivity index (χ4v) is 3.30. The van der Waals surface area contributed by atoms with Gasteiger partial charge in [0.25, 0.3) is 5.91 Å². The van der Waals surface area contributed by atoms with Crippen LogP contribution < -0.4 is 15.4 Å². The summed E-state index contributed by atoms with van der Waals surface area (Å²) in [7, 11) is 0. The normalized spacial score (nSPS) is 15.0. The smallest absolute Gasteiger partial charge is 0.251 e. The van der Waals surface area contributed by atoms with Crippen LogP contribution in [-0.4, -0.2) is 28.9 Å². The number of pyridine rings is 1. The van der Waals surface area contributed by atoms with E-state index in [1.54, 1.807) is 18.3 Å². The summed E-state index contributed by atoms with van der Waals surface area (Å²) in [6.45, 7) is 2.22. The number of hydrogen-bond acceptors (Lipinski definition) is 4. The van der Waals surface area contributed by atoms with Gasteiger partial charge < -0.3 is 15.4 Å². The average Bonchev–Trinajstić information content (AvgIpc) is 3.20. The van der Waals surface area contributed by atoms with Crippen LogP contribution in [0.3, 0.4) is 0 Å². The van der Waals surface area contributed by atoms with E-state index in [0.717, 1.165) is 18.4 Å². The van der Waals surface area contributed by atoms with Crippen molar-refractivity contribution in [2.75, 3.05) is 0 Å². The van der Waals surface area contributed by atoms with Crippen molar-refractivity contribution in [1.29, 1.82) is 0 Å². The molecule has 2 amide bonds. The van der Waals surface area contributed by atoms with Gasteiger partial charge in [0.05, 0.1) is 0 Å². The van der Waals surface area contributed by atoms with Crippen LogP contribution in [0.5, 0.6) is 5.88 Å². The summed E-state index contributed by atoms with van der Waals surface area (Å²) < 4.78 is 5.90. The summed E-state index contributed by atoms with van der Waals surface area (Å²) >= 11 is 0. The molecule has 1 aromatic carbocycles. The third-order valence-corrected chi connectivity index (χ3v) is 4.78. The van der Waals surface area contributed by atoms with Crippen molar-refractivity contribution < 1.29 is 14.3 Å². The summed E-state index contributed by atoms with van der Waals surface area (Å²) in [5.74, 6) is 0.321. The highest BCUT2D eigenvalue weighted by atomic mass is 16.5. The van der Waals surface area contributed by atoms with Crippen molar-refractivity contribution in [3.8, 4) is 5.88 Å².